The van der Waals surface area contributed by atoms with Gasteiger partial charge < -0.3 is 9.80 Å². The molecule has 6 heteroatoms. The molecule has 3 nitrogen and oxygen atoms in total. The van der Waals surface area contributed by atoms with E-state index in [1.54, 1.807) is 0 Å². The van der Waals surface area contributed by atoms with E-state index >= 15 is 0 Å². The summed E-state index contributed by atoms with van der Waals surface area (Å²) in [5.41, 5.74) is 2.28. The van der Waals surface area contributed by atoms with E-state index < -0.39 is 0 Å². The molecule has 4 rings (SSSR count). The molecule has 0 N–H and O–H groups in total. The molecule has 2 saturated heterocycles. The highest BCUT2D eigenvalue weighted by Crippen LogP contribution is 2.39. The van der Waals surface area contributed by atoms with Crippen LogP contribution >= 0.6 is 35.0 Å². The maximum Gasteiger partial charge on any atom is 0.230 e. The Labute approximate surface area is 164 Å². The average Bonchev–Trinajstić information content (AvgIpc) is 3.25. The third-order valence-electron chi connectivity index (χ3n) is 5.74. The van der Waals surface area contributed by atoms with Gasteiger partial charge in [-0.3, -0.25) is 4.79 Å². The van der Waals surface area contributed by atoms with Gasteiger partial charge in [0.1, 0.15) is 0 Å². The molecule has 0 bridgehead atoms. The van der Waals surface area contributed by atoms with Gasteiger partial charge in [-0.1, -0.05) is 23.2 Å². The average molecular weight is 399 g/mol. The normalized spacial score (nSPS) is 26.9. The fourth-order valence-corrected chi connectivity index (χ4v) is 5.82. The van der Waals surface area contributed by atoms with E-state index in [9.17, 15) is 4.79 Å². The zero-order chi connectivity index (χ0) is 17.4. The Hall–Kier alpha value is -0.420. The minimum Gasteiger partial charge on any atom is -0.336 e. The highest BCUT2D eigenvalue weighted by atomic mass is 35.5. The number of fused-ring (bicyclic) bond motifs is 1. The fourth-order valence-electron chi connectivity index (χ4n) is 4.42. The molecule has 0 aromatic heterocycles. The van der Waals surface area contributed by atoms with Gasteiger partial charge >= 0.3 is 0 Å². The molecule has 25 heavy (non-hydrogen) atoms. The quantitative estimate of drug-likeness (QED) is 0.766. The molecule has 2 heterocycles. The maximum atomic E-state index is 13.4. The summed E-state index contributed by atoms with van der Waals surface area (Å²) in [4.78, 5) is 18.1. The van der Waals surface area contributed by atoms with E-state index in [2.05, 4.69) is 9.80 Å². The summed E-state index contributed by atoms with van der Waals surface area (Å²) < 4.78 is 0. The van der Waals surface area contributed by atoms with Crippen LogP contribution in [0, 0.1) is 0 Å². The van der Waals surface area contributed by atoms with E-state index in [0.717, 1.165) is 43.0 Å². The molecule has 2 aliphatic heterocycles. The van der Waals surface area contributed by atoms with Crippen molar-refractivity contribution in [2.75, 3.05) is 37.7 Å². The number of rotatable bonds is 3. The number of nitrogens with zero attached hydrogens (tertiary/aromatic N) is 2. The van der Waals surface area contributed by atoms with E-state index in [-0.39, 0.29) is 5.92 Å². The molecule has 1 amide bonds. The molecule has 0 spiro atoms. The smallest absolute Gasteiger partial charge is 0.230 e. The Morgan fingerprint density at radius 1 is 1.16 bits per heavy atom. The van der Waals surface area contributed by atoms with Crippen LogP contribution < -0.4 is 0 Å². The lowest BCUT2D eigenvalue weighted by Crippen LogP contribution is -2.52. The van der Waals surface area contributed by atoms with Crippen molar-refractivity contribution < 1.29 is 4.79 Å². The third-order valence-corrected chi connectivity index (χ3v) is 7.55. The predicted molar refractivity (Wildman–Crippen MR) is 106 cm³/mol. The number of aryl methyl sites for hydroxylation is 1. The summed E-state index contributed by atoms with van der Waals surface area (Å²) in [6, 6.07) is 4.21. The molecule has 1 aliphatic carbocycles. The van der Waals surface area contributed by atoms with Gasteiger partial charge in [0.2, 0.25) is 5.91 Å². The molecule has 1 aromatic rings. The number of amides is 1. The number of benzene rings is 1. The Morgan fingerprint density at radius 3 is 2.72 bits per heavy atom. The maximum absolute atomic E-state index is 13.4. The van der Waals surface area contributed by atoms with E-state index in [4.69, 9.17) is 23.2 Å². The number of halogens is 2. The molecule has 1 aromatic carbocycles. The number of thioether (sulfide) groups is 1. The second-order valence-electron chi connectivity index (χ2n) is 7.32. The molecule has 2 atom stereocenters. The van der Waals surface area contributed by atoms with Crippen molar-refractivity contribution in [3.05, 3.63) is 33.3 Å². The van der Waals surface area contributed by atoms with Crippen molar-refractivity contribution in [1.29, 1.82) is 0 Å². The standard InChI is InChI=1S/C19H24Cl2N2OS/c20-17-9-13-3-4-15(16(13)10-18(17)21)19(24)23-7-8-25-12-14(23)11-22-5-1-2-6-22/h9-10,14-15H,1-8,11-12H2/t14-,15-/m0/s1. The number of carbonyl (C=O) groups excluding carboxylic acids is 1. The second-order valence-corrected chi connectivity index (χ2v) is 9.29. The van der Waals surface area contributed by atoms with Crippen molar-refractivity contribution >= 4 is 40.9 Å². The van der Waals surface area contributed by atoms with Crippen LogP contribution in [0.5, 0.6) is 0 Å². The summed E-state index contributed by atoms with van der Waals surface area (Å²) in [5, 5.41) is 1.15. The molecule has 0 saturated carbocycles. The summed E-state index contributed by atoms with van der Waals surface area (Å²) in [6.45, 7) is 4.27. The van der Waals surface area contributed by atoms with Gasteiger partial charge in [-0.05, 0) is 62.0 Å². The molecular formula is C19H24Cl2N2OS. The van der Waals surface area contributed by atoms with Crippen LogP contribution in [0.15, 0.2) is 12.1 Å². The minimum atomic E-state index is -0.0473. The van der Waals surface area contributed by atoms with Crippen molar-refractivity contribution in [2.24, 2.45) is 0 Å². The number of hydrogen-bond acceptors (Lipinski definition) is 3. The van der Waals surface area contributed by atoms with E-state index in [0.29, 0.717) is 22.0 Å². The topological polar surface area (TPSA) is 23.6 Å². The highest BCUT2D eigenvalue weighted by molar-refractivity contribution is 7.99. The van der Waals surface area contributed by atoms with Gasteiger partial charge in [-0.2, -0.15) is 11.8 Å². The largest absolute Gasteiger partial charge is 0.336 e. The highest BCUT2D eigenvalue weighted by Gasteiger charge is 2.37. The first-order chi connectivity index (χ1) is 12.1. The van der Waals surface area contributed by atoms with E-state index in [1.807, 2.05) is 23.9 Å². The summed E-state index contributed by atoms with van der Waals surface area (Å²) in [5.74, 6) is 2.35. The first kappa shape index (κ1) is 18.0. The third kappa shape index (κ3) is 3.69. The predicted octanol–water partition coefficient (Wildman–Crippen LogP) is 4.06. The summed E-state index contributed by atoms with van der Waals surface area (Å²) in [7, 11) is 0. The van der Waals surface area contributed by atoms with Crippen LogP contribution in [0.1, 0.15) is 36.3 Å². The second kappa shape index (κ2) is 7.67. The van der Waals surface area contributed by atoms with E-state index in [1.165, 1.54) is 31.5 Å². The minimum absolute atomic E-state index is 0.0473. The number of likely N-dealkylation sites (tertiary alicyclic amines) is 1. The van der Waals surface area contributed by atoms with Gasteiger partial charge in [0.25, 0.3) is 0 Å². The molecule has 0 radical (unpaired) electrons. The summed E-state index contributed by atoms with van der Waals surface area (Å²) in [6.07, 6.45) is 4.39. The summed E-state index contributed by atoms with van der Waals surface area (Å²) >= 11 is 14.4. The molecule has 136 valence electrons. The van der Waals surface area contributed by atoms with Crippen molar-refractivity contribution in [1.82, 2.24) is 9.80 Å². The van der Waals surface area contributed by atoms with Crippen LogP contribution in [0.2, 0.25) is 10.0 Å². The van der Waals surface area contributed by atoms with Crippen LogP contribution in [0.3, 0.4) is 0 Å². The van der Waals surface area contributed by atoms with Crippen LogP contribution in [-0.2, 0) is 11.2 Å². The fraction of sp³-hybridized carbons (Fsp3) is 0.632. The molecule has 0 unspecified atom stereocenters. The molecular weight excluding hydrogens is 375 g/mol. The monoisotopic (exact) mass is 398 g/mol. The zero-order valence-corrected chi connectivity index (χ0v) is 16.7. The number of hydrogen-bond donors (Lipinski definition) is 0. The van der Waals surface area contributed by atoms with Crippen molar-refractivity contribution in [3.63, 3.8) is 0 Å². The Morgan fingerprint density at radius 2 is 1.92 bits per heavy atom. The van der Waals surface area contributed by atoms with Crippen LogP contribution in [-0.4, -0.2) is 59.4 Å². The van der Waals surface area contributed by atoms with Crippen LogP contribution in [0.4, 0.5) is 0 Å². The van der Waals surface area contributed by atoms with Gasteiger partial charge in [0.05, 0.1) is 22.0 Å². The Balaban J connectivity index is 1.52. The van der Waals surface area contributed by atoms with Crippen molar-refractivity contribution in [2.45, 2.75) is 37.6 Å². The lowest BCUT2D eigenvalue weighted by molar-refractivity contribution is -0.135. The lowest BCUT2D eigenvalue weighted by atomic mass is 9.99. The Kier molecular flexibility index (Phi) is 5.52. The van der Waals surface area contributed by atoms with Gasteiger partial charge in [0, 0.05) is 24.6 Å². The number of carbonyl (C=O) groups is 1. The first-order valence-corrected chi connectivity index (χ1v) is 11.1. The first-order valence-electron chi connectivity index (χ1n) is 9.22. The van der Waals surface area contributed by atoms with Gasteiger partial charge in [-0.25, -0.2) is 0 Å². The lowest BCUT2D eigenvalue weighted by Gasteiger charge is -2.39. The molecule has 2 fully saturated rings. The molecule has 3 aliphatic rings. The van der Waals surface area contributed by atoms with Crippen molar-refractivity contribution in [3.8, 4) is 0 Å². The van der Waals surface area contributed by atoms with Crippen LogP contribution in [0.25, 0.3) is 0 Å². The van der Waals surface area contributed by atoms with Gasteiger partial charge in [0.15, 0.2) is 0 Å². The SMILES string of the molecule is O=C([C@H]1CCc2cc(Cl)c(Cl)cc21)N1CCSC[C@@H]1CN1CCCC1. The van der Waals surface area contributed by atoms with Gasteiger partial charge in [-0.15, -0.1) is 0 Å². The Bertz CT molecular complexity index is 663. The zero-order valence-electron chi connectivity index (χ0n) is 14.3.